The van der Waals surface area contributed by atoms with E-state index in [1.807, 2.05) is 31.2 Å². The van der Waals surface area contributed by atoms with Crippen LogP contribution in [0.4, 0.5) is 0 Å². The largest absolute Gasteiger partial charge is 0.493 e. The molecule has 0 amide bonds. The van der Waals surface area contributed by atoms with Gasteiger partial charge in [-0.05, 0) is 31.4 Å². The average Bonchev–Trinajstić information content (AvgIpc) is 2.37. The minimum atomic E-state index is -3.57. The van der Waals surface area contributed by atoms with Gasteiger partial charge in [0.15, 0.2) is 0 Å². The van der Waals surface area contributed by atoms with Crippen LogP contribution in [0.25, 0.3) is 0 Å². The fraction of sp³-hybridized carbons (Fsp3) is 0.538. The molecule has 1 aromatic rings. The van der Waals surface area contributed by atoms with Gasteiger partial charge in [-0.3, -0.25) is 0 Å². The molecule has 2 rings (SSSR count). The number of hydrogen-bond acceptors (Lipinski definition) is 3. The Kier molecular flexibility index (Phi) is 4.44. The molecule has 1 aliphatic rings. The number of piperidine rings is 1. The first-order valence-corrected chi connectivity index (χ1v) is 7.93. The van der Waals surface area contributed by atoms with Gasteiger partial charge in [-0.2, -0.15) is 12.7 Å². The Morgan fingerprint density at radius 3 is 2.84 bits per heavy atom. The lowest BCUT2D eigenvalue weighted by atomic mass is 10.0. The van der Waals surface area contributed by atoms with E-state index in [4.69, 9.17) is 9.88 Å². The van der Waals surface area contributed by atoms with Gasteiger partial charge in [-0.1, -0.05) is 18.2 Å². The molecule has 106 valence electrons. The van der Waals surface area contributed by atoms with Crippen LogP contribution in [0.2, 0.25) is 0 Å². The van der Waals surface area contributed by atoms with Crippen LogP contribution in [0.15, 0.2) is 24.3 Å². The molecule has 0 aromatic heterocycles. The summed E-state index contributed by atoms with van der Waals surface area (Å²) in [6, 6.07) is 7.81. The lowest BCUT2D eigenvalue weighted by molar-refractivity contribution is 0.179. The number of ether oxygens (including phenoxy) is 1. The van der Waals surface area contributed by atoms with E-state index in [1.54, 1.807) is 0 Å². The lowest BCUT2D eigenvalue weighted by Crippen LogP contribution is -2.44. The van der Waals surface area contributed by atoms with Crippen LogP contribution in [0, 0.1) is 12.8 Å². The smallest absolute Gasteiger partial charge is 0.276 e. The number of hydrogen-bond donors (Lipinski definition) is 1. The minimum Gasteiger partial charge on any atom is -0.493 e. The predicted molar refractivity (Wildman–Crippen MR) is 74.1 cm³/mol. The maximum atomic E-state index is 11.3. The van der Waals surface area contributed by atoms with Gasteiger partial charge in [0, 0.05) is 19.0 Å². The third-order valence-corrected chi connectivity index (χ3v) is 4.46. The molecule has 19 heavy (non-hydrogen) atoms. The third-order valence-electron chi connectivity index (χ3n) is 3.41. The zero-order valence-corrected chi connectivity index (χ0v) is 11.9. The Balaban J connectivity index is 1.92. The molecule has 6 heteroatoms. The number of nitrogens with zero attached hydrogens (tertiary/aromatic N) is 1. The number of nitrogens with two attached hydrogens (primary N) is 1. The van der Waals surface area contributed by atoms with E-state index in [2.05, 4.69) is 0 Å². The number of aryl methyl sites for hydroxylation is 1. The highest BCUT2D eigenvalue weighted by atomic mass is 32.2. The second kappa shape index (κ2) is 5.90. The number of benzene rings is 1. The van der Waals surface area contributed by atoms with Crippen LogP contribution >= 0.6 is 0 Å². The van der Waals surface area contributed by atoms with Crippen LogP contribution in [-0.4, -0.2) is 32.4 Å². The summed E-state index contributed by atoms with van der Waals surface area (Å²) in [7, 11) is -3.57. The van der Waals surface area contributed by atoms with Crippen molar-refractivity contribution < 1.29 is 13.2 Å². The highest BCUT2D eigenvalue weighted by Crippen LogP contribution is 2.21. The van der Waals surface area contributed by atoms with Crippen LogP contribution in [0.3, 0.4) is 0 Å². The van der Waals surface area contributed by atoms with Crippen LogP contribution in [0.5, 0.6) is 5.75 Å². The Bertz CT molecular complexity index is 530. The summed E-state index contributed by atoms with van der Waals surface area (Å²) in [6.45, 7) is 3.48. The van der Waals surface area contributed by atoms with Crippen molar-refractivity contribution in [3.63, 3.8) is 0 Å². The maximum absolute atomic E-state index is 11.3. The van der Waals surface area contributed by atoms with Gasteiger partial charge >= 0.3 is 0 Å². The Morgan fingerprint density at radius 2 is 2.16 bits per heavy atom. The molecule has 1 aromatic carbocycles. The summed E-state index contributed by atoms with van der Waals surface area (Å²) in [4.78, 5) is 0. The molecule has 0 aliphatic carbocycles. The molecule has 1 aliphatic heterocycles. The molecular formula is C13H20N2O3S. The summed E-state index contributed by atoms with van der Waals surface area (Å²) < 4.78 is 29.8. The Hall–Kier alpha value is -1.11. The molecule has 1 atom stereocenters. The SMILES string of the molecule is Cc1ccccc1OCC1CCCN(S(N)(=O)=O)C1. The van der Waals surface area contributed by atoms with Gasteiger partial charge in [0.2, 0.25) is 0 Å². The van der Waals surface area contributed by atoms with Crippen LogP contribution in [0.1, 0.15) is 18.4 Å². The van der Waals surface area contributed by atoms with Crippen LogP contribution < -0.4 is 9.88 Å². The van der Waals surface area contributed by atoms with Gasteiger partial charge in [0.05, 0.1) is 6.61 Å². The van der Waals surface area contributed by atoms with Crippen molar-refractivity contribution in [3.8, 4) is 5.75 Å². The highest BCUT2D eigenvalue weighted by molar-refractivity contribution is 7.86. The first-order chi connectivity index (χ1) is 8.97. The first kappa shape index (κ1) is 14.3. The zero-order chi connectivity index (χ0) is 13.9. The molecular weight excluding hydrogens is 264 g/mol. The predicted octanol–water partition coefficient (Wildman–Crippen LogP) is 1.29. The van der Waals surface area contributed by atoms with Crippen molar-refractivity contribution in [1.82, 2.24) is 4.31 Å². The highest BCUT2D eigenvalue weighted by Gasteiger charge is 2.26. The van der Waals surface area contributed by atoms with E-state index >= 15 is 0 Å². The third kappa shape index (κ3) is 3.92. The first-order valence-electron chi connectivity index (χ1n) is 6.43. The summed E-state index contributed by atoms with van der Waals surface area (Å²) in [6.07, 6.45) is 1.80. The lowest BCUT2D eigenvalue weighted by Gasteiger charge is -2.30. The van der Waals surface area contributed by atoms with Crippen molar-refractivity contribution in [2.45, 2.75) is 19.8 Å². The van der Waals surface area contributed by atoms with Crippen molar-refractivity contribution in [3.05, 3.63) is 29.8 Å². The van der Waals surface area contributed by atoms with Crippen molar-refractivity contribution in [1.29, 1.82) is 0 Å². The molecule has 2 N–H and O–H groups in total. The van der Waals surface area contributed by atoms with E-state index in [9.17, 15) is 8.42 Å². The fourth-order valence-corrected chi connectivity index (χ4v) is 3.12. The normalized spacial score (nSPS) is 21.3. The average molecular weight is 284 g/mol. The summed E-state index contributed by atoms with van der Waals surface area (Å²) >= 11 is 0. The minimum absolute atomic E-state index is 0.201. The molecule has 1 heterocycles. The quantitative estimate of drug-likeness (QED) is 0.905. The van der Waals surface area contributed by atoms with E-state index in [-0.39, 0.29) is 5.92 Å². The monoisotopic (exact) mass is 284 g/mol. The van der Waals surface area contributed by atoms with E-state index < -0.39 is 10.2 Å². The number of para-hydroxylation sites is 1. The standard InChI is InChI=1S/C13H20N2O3S/c1-11-5-2-3-7-13(11)18-10-12-6-4-8-15(9-12)19(14,16)17/h2-3,5,7,12H,4,6,8-10H2,1H3,(H2,14,16,17). The second-order valence-electron chi connectivity index (χ2n) is 4.99. The van der Waals surface area contributed by atoms with Gasteiger partial charge in [0.1, 0.15) is 5.75 Å². The molecule has 0 radical (unpaired) electrons. The van der Waals surface area contributed by atoms with Crippen LogP contribution in [-0.2, 0) is 10.2 Å². The Labute approximate surface area is 114 Å². The van der Waals surface area contributed by atoms with Gasteiger partial charge in [-0.15, -0.1) is 0 Å². The summed E-state index contributed by atoms with van der Waals surface area (Å²) in [5.41, 5.74) is 1.08. The van der Waals surface area contributed by atoms with Gasteiger partial charge < -0.3 is 4.74 Å². The zero-order valence-electron chi connectivity index (χ0n) is 11.1. The number of rotatable bonds is 4. The van der Waals surface area contributed by atoms with E-state index in [1.165, 1.54) is 4.31 Å². The maximum Gasteiger partial charge on any atom is 0.276 e. The molecule has 1 saturated heterocycles. The van der Waals surface area contributed by atoms with Crippen molar-refractivity contribution in [2.24, 2.45) is 11.1 Å². The fourth-order valence-electron chi connectivity index (χ4n) is 2.32. The van der Waals surface area contributed by atoms with E-state index in [0.29, 0.717) is 19.7 Å². The van der Waals surface area contributed by atoms with Gasteiger partial charge in [-0.25, -0.2) is 5.14 Å². The molecule has 0 saturated carbocycles. The van der Waals surface area contributed by atoms with E-state index in [0.717, 1.165) is 24.2 Å². The van der Waals surface area contributed by atoms with Crippen molar-refractivity contribution >= 4 is 10.2 Å². The summed E-state index contributed by atoms with van der Waals surface area (Å²) in [5.74, 6) is 1.06. The molecule has 5 nitrogen and oxygen atoms in total. The molecule has 0 bridgehead atoms. The molecule has 1 unspecified atom stereocenters. The molecule has 1 fully saturated rings. The van der Waals surface area contributed by atoms with Crippen molar-refractivity contribution in [2.75, 3.05) is 19.7 Å². The van der Waals surface area contributed by atoms with Gasteiger partial charge in [0.25, 0.3) is 10.2 Å². The molecule has 0 spiro atoms. The second-order valence-corrected chi connectivity index (χ2v) is 6.53. The summed E-state index contributed by atoms with van der Waals surface area (Å²) in [5, 5.41) is 5.16. The topological polar surface area (TPSA) is 72.6 Å². The Morgan fingerprint density at radius 1 is 1.42 bits per heavy atom.